The monoisotopic (exact) mass is 445 g/mol. The van der Waals surface area contributed by atoms with E-state index in [1.807, 2.05) is 6.92 Å². The number of benzene rings is 1. The normalized spacial score (nSPS) is 11.4. The Labute approximate surface area is 131 Å². The number of carbonyl (C=O) groups is 1. The third-order valence-electron chi connectivity index (χ3n) is 2.20. The van der Waals surface area contributed by atoms with Crippen LogP contribution in [0.1, 0.15) is 17.3 Å². The van der Waals surface area contributed by atoms with Crippen molar-refractivity contribution in [2.45, 2.75) is 12.5 Å². The van der Waals surface area contributed by atoms with Crippen molar-refractivity contribution < 1.29 is 4.79 Å². The number of carbonyl (C=O) groups excluding carboxylic acids is 1. The smallest absolute Gasteiger partial charge is 0.253 e. The summed E-state index contributed by atoms with van der Waals surface area (Å²) in [5.41, 5.74) is 0.122. The molecule has 6 heteroatoms. The largest absolute Gasteiger partial charge is 0.345 e. The Morgan fingerprint density at radius 3 is 2.53 bits per heavy atom. The molecule has 0 fully saturated rings. The molecule has 1 aromatic carbocycles. The van der Waals surface area contributed by atoms with Crippen LogP contribution in [0.5, 0.6) is 0 Å². The molecule has 0 radical (unpaired) electrons. The summed E-state index contributed by atoms with van der Waals surface area (Å²) in [6.45, 7) is 1.94. The summed E-state index contributed by atoms with van der Waals surface area (Å²) in [4.78, 5) is 12.1. The Kier molecular flexibility index (Phi) is 5.96. The highest BCUT2D eigenvalue weighted by molar-refractivity contribution is 9.10. The van der Waals surface area contributed by atoms with Crippen LogP contribution < -0.4 is 5.32 Å². The van der Waals surface area contributed by atoms with E-state index in [0.29, 0.717) is 25.7 Å². The molecule has 0 saturated carbocycles. The summed E-state index contributed by atoms with van der Waals surface area (Å²) >= 11 is 16.1. The highest BCUT2D eigenvalue weighted by Crippen LogP contribution is 2.26. The summed E-state index contributed by atoms with van der Waals surface area (Å²) in [7, 11) is 0. The van der Waals surface area contributed by atoms with E-state index in [-0.39, 0.29) is 11.4 Å². The van der Waals surface area contributed by atoms with Gasteiger partial charge in [-0.3, -0.25) is 4.79 Å². The van der Waals surface area contributed by atoms with Crippen molar-refractivity contribution in [1.82, 2.24) is 5.32 Å². The Morgan fingerprint density at radius 1 is 1.41 bits per heavy atom. The van der Waals surface area contributed by atoms with Crippen molar-refractivity contribution in [1.29, 1.82) is 0 Å². The highest BCUT2D eigenvalue weighted by Gasteiger charge is 2.25. The molecule has 94 valence electrons. The molecule has 0 aliphatic carbocycles. The van der Waals surface area contributed by atoms with Crippen LogP contribution in [0.15, 0.2) is 22.7 Å². The lowest BCUT2D eigenvalue weighted by atomic mass is 10.1. The quantitative estimate of drug-likeness (QED) is 0.681. The second-order valence-corrected chi connectivity index (χ2v) is 6.24. The number of amides is 1. The summed E-state index contributed by atoms with van der Waals surface area (Å²) in [6, 6.07) is 5.28. The van der Waals surface area contributed by atoms with E-state index in [1.54, 1.807) is 18.2 Å². The highest BCUT2D eigenvalue weighted by atomic mass is 79.9. The Bertz CT molecular complexity index is 421. The van der Waals surface area contributed by atoms with Crippen molar-refractivity contribution in [3.63, 3.8) is 0 Å². The maximum atomic E-state index is 12.1. The van der Waals surface area contributed by atoms with Crippen LogP contribution in [0, 0.1) is 0 Å². The fraction of sp³-hybridized carbons (Fsp3) is 0.364. The van der Waals surface area contributed by atoms with Crippen molar-refractivity contribution in [3.8, 4) is 0 Å². The molecule has 0 bridgehead atoms. The van der Waals surface area contributed by atoms with Gasteiger partial charge in [-0.1, -0.05) is 49.5 Å². The molecular weight excluding hydrogens is 437 g/mol. The number of hydrogen-bond donors (Lipinski definition) is 1. The van der Waals surface area contributed by atoms with Gasteiger partial charge in [0.25, 0.3) is 5.91 Å². The molecule has 0 saturated heterocycles. The van der Waals surface area contributed by atoms with E-state index in [1.165, 1.54) is 0 Å². The van der Waals surface area contributed by atoms with Crippen LogP contribution in [0.3, 0.4) is 0 Å². The van der Waals surface area contributed by atoms with Crippen LogP contribution >= 0.6 is 59.4 Å². The topological polar surface area (TPSA) is 29.1 Å². The van der Waals surface area contributed by atoms with Gasteiger partial charge in [-0.05, 0) is 35.0 Å². The van der Waals surface area contributed by atoms with Gasteiger partial charge in [0, 0.05) is 15.1 Å². The zero-order valence-corrected chi connectivity index (χ0v) is 14.6. The Morgan fingerprint density at radius 2 is 2.00 bits per heavy atom. The molecule has 1 amide bonds. The van der Waals surface area contributed by atoms with Crippen molar-refractivity contribution in [2.24, 2.45) is 0 Å². The number of nitrogens with one attached hydrogen (secondary N) is 1. The summed E-state index contributed by atoms with van der Waals surface area (Å²) in [5.74, 6) is -0.183. The maximum absolute atomic E-state index is 12.1. The van der Waals surface area contributed by atoms with Gasteiger partial charge in [-0.15, -0.1) is 0 Å². The van der Waals surface area contributed by atoms with Crippen LogP contribution in [0.2, 0.25) is 5.02 Å². The number of alkyl halides is 2. The molecule has 2 nitrogen and oxygen atoms in total. The standard InChI is InChI=1S/C11H11Br3ClNO/c1-11(5-12,6-13)16-10(17)7-3-2-4-8(14)9(7)15/h2-4H,5-6H2,1H3,(H,16,17). The van der Waals surface area contributed by atoms with Gasteiger partial charge < -0.3 is 5.32 Å². The zero-order chi connectivity index (χ0) is 13.1. The minimum atomic E-state index is -0.345. The summed E-state index contributed by atoms with van der Waals surface area (Å²) in [6.07, 6.45) is 0. The van der Waals surface area contributed by atoms with E-state index in [0.717, 1.165) is 0 Å². The van der Waals surface area contributed by atoms with Crippen LogP contribution in [0.25, 0.3) is 0 Å². The molecule has 0 heterocycles. The first-order valence-electron chi connectivity index (χ1n) is 4.82. The fourth-order valence-electron chi connectivity index (χ4n) is 1.12. The molecule has 0 atom stereocenters. The van der Waals surface area contributed by atoms with Gasteiger partial charge in [0.1, 0.15) is 0 Å². The second kappa shape index (κ2) is 6.55. The van der Waals surface area contributed by atoms with Gasteiger partial charge in [0.2, 0.25) is 0 Å². The first-order chi connectivity index (χ1) is 7.93. The molecule has 1 N–H and O–H groups in total. The van der Waals surface area contributed by atoms with Gasteiger partial charge in [-0.2, -0.15) is 0 Å². The summed E-state index contributed by atoms with van der Waals surface area (Å²) < 4.78 is 0.714. The average molecular weight is 448 g/mol. The SMILES string of the molecule is CC(CBr)(CBr)NC(=O)c1cccc(Br)c1Cl. The van der Waals surface area contributed by atoms with E-state index < -0.39 is 0 Å². The predicted molar refractivity (Wildman–Crippen MR) is 82.6 cm³/mol. The lowest BCUT2D eigenvalue weighted by Crippen LogP contribution is -2.49. The molecule has 1 rings (SSSR count). The molecule has 17 heavy (non-hydrogen) atoms. The molecule has 0 aromatic heterocycles. The third kappa shape index (κ3) is 3.94. The average Bonchev–Trinajstić information content (AvgIpc) is 2.32. The van der Waals surface area contributed by atoms with Gasteiger partial charge in [-0.25, -0.2) is 0 Å². The van der Waals surface area contributed by atoms with Crippen LogP contribution in [-0.4, -0.2) is 22.1 Å². The fourth-order valence-corrected chi connectivity index (χ4v) is 2.91. The van der Waals surface area contributed by atoms with Gasteiger partial charge in [0.15, 0.2) is 0 Å². The zero-order valence-electron chi connectivity index (χ0n) is 9.07. The first kappa shape index (κ1) is 15.5. The van der Waals surface area contributed by atoms with Crippen LogP contribution in [-0.2, 0) is 0 Å². The lowest BCUT2D eigenvalue weighted by Gasteiger charge is -2.26. The third-order valence-corrected chi connectivity index (χ3v) is 5.97. The van der Waals surface area contributed by atoms with Crippen molar-refractivity contribution >= 4 is 65.3 Å². The lowest BCUT2D eigenvalue weighted by molar-refractivity contribution is 0.0923. The number of rotatable bonds is 4. The number of halogens is 4. The second-order valence-electron chi connectivity index (χ2n) is 3.88. The van der Waals surface area contributed by atoms with Crippen molar-refractivity contribution in [3.05, 3.63) is 33.3 Å². The predicted octanol–water partition coefficient (Wildman–Crippen LogP) is 4.38. The molecule has 0 spiro atoms. The number of hydrogen-bond acceptors (Lipinski definition) is 1. The molecule has 0 aliphatic rings. The maximum Gasteiger partial charge on any atom is 0.253 e. The van der Waals surface area contributed by atoms with Gasteiger partial charge in [0.05, 0.1) is 16.1 Å². The van der Waals surface area contributed by atoms with E-state index >= 15 is 0 Å². The summed E-state index contributed by atoms with van der Waals surface area (Å²) in [5, 5.41) is 4.68. The molecular formula is C11H11Br3ClNO. The Hall–Kier alpha value is 0.420. The Balaban J connectivity index is 2.94. The van der Waals surface area contributed by atoms with Gasteiger partial charge >= 0.3 is 0 Å². The van der Waals surface area contributed by atoms with E-state index in [9.17, 15) is 4.79 Å². The molecule has 0 aliphatic heterocycles. The minimum absolute atomic E-state index is 0.183. The molecule has 1 aromatic rings. The minimum Gasteiger partial charge on any atom is -0.345 e. The van der Waals surface area contributed by atoms with Crippen molar-refractivity contribution in [2.75, 3.05) is 10.7 Å². The van der Waals surface area contributed by atoms with E-state index in [2.05, 4.69) is 53.1 Å². The van der Waals surface area contributed by atoms with Crippen LogP contribution in [0.4, 0.5) is 0 Å². The first-order valence-corrected chi connectivity index (χ1v) is 8.23. The molecule has 0 unspecified atom stereocenters. The van der Waals surface area contributed by atoms with E-state index in [4.69, 9.17) is 11.6 Å².